The van der Waals surface area contributed by atoms with E-state index in [2.05, 4.69) is 4.98 Å². The van der Waals surface area contributed by atoms with Crippen molar-refractivity contribution < 1.29 is 5.11 Å². The third-order valence-electron chi connectivity index (χ3n) is 3.62. The van der Waals surface area contributed by atoms with Crippen LogP contribution in [-0.2, 0) is 0 Å². The molecule has 102 valence electrons. The molecule has 4 heteroatoms. The van der Waals surface area contributed by atoms with Gasteiger partial charge in [0.2, 0.25) is 0 Å². The highest BCUT2D eigenvalue weighted by Crippen LogP contribution is 2.36. The van der Waals surface area contributed by atoms with Gasteiger partial charge in [-0.15, -0.1) is 11.3 Å². The predicted octanol–water partition coefficient (Wildman–Crippen LogP) is 4.12. The lowest BCUT2D eigenvalue weighted by Crippen LogP contribution is -2.04. The third-order valence-corrected chi connectivity index (χ3v) is 4.60. The summed E-state index contributed by atoms with van der Waals surface area (Å²) in [4.78, 5) is 15.1. The summed E-state index contributed by atoms with van der Waals surface area (Å²) in [5, 5.41) is 13.4. The number of thiophene rings is 1. The first-order chi connectivity index (χ1) is 10.2. The first-order valence-corrected chi connectivity index (χ1v) is 7.43. The number of phenols is 1. The van der Waals surface area contributed by atoms with Crippen molar-refractivity contribution >= 4 is 32.3 Å². The molecule has 21 heavy (non-hydrogen) atoms. The molecular weight excluding hydrogens is 282 g/mol. The first-order valence-electron chi connectivity index (χ1n) is 6.55. The van der Waals surface area contributed by atoms with Crippen molar-refractivity contribution in [2.24, 2.45) is 0 Å². The molecule has 0 saturated carbocycles. The quantitative estimate of drug-likeness (QED) is 0.555. The lowest BCUT2D eigenvalue weighted by Gasteiger charge is -2.04. The van der Waals surface area contributed by atoms with Crippen LogP contribution in [0.25, 0.3) is 32.1 Å². The maximum atomic E-state index is 12.2. The number of nitrogens with one attached hydrogen (secondary N) is 1. The summed E-state index contributed by atoms with van der Waals surface area (Å²) in [5.41, 5.74) is 2.80. The molecule has 0 radical (unpaired) electrons. The number of H-pyrrole nitrogens is 1. The Kier molecular flexibility index (Phi) is 2.59. The molecule has 0 saturated heterocycles. The molecular formula is C17H11NO2S. The van der Waals surface area contributed by atoms with Crippen LogP contribution in [0.3, 0.4) is 0 Å². The zero-order chi connectivity index (χ0) is 14.4. The van der Waals surface area contributed by atoms with Crippen LogP contribution in [0.4, 0.5) is 0 Å². The second kappa shape index (κ2) is 4.46. The summed E-state index contributed by atoms with van der Waals surface area (Å²) < 4.78 is 0.733. The van der Waals surface area contributed by atoms with Gasteiger partial charge >= 0.3 is 0 Å². The van der Waals surface area contributed by atoms with Crippen molar-refractivity contribution in [2.75, 3.05) is 0 Å². The predicted molar refractivity (Wildman–Crippen MR) is 87.1 cm³/mol. The second-order valence-corrected chi connectivity index (χ2v) is 5.78. The van der Waals surface area contributed by atoms with Gasteiger partial charge < -0.3 is 10.1 Å². The van der Waals surface area contributed by atoms with Crippen molar-refractivity contribution in [3.63, 3.8) is 0 Å². The Labute approximate surface area is 124 Å². The van der Waals surface area contributed by atoms with Crippen LogP contribution in [0.2, 0.25) is 0 Å². The van der Waals surface area contributed by atoms with E-state index in [1.54, 1.807) is 12.1 Å². The lowest BCUT2D eigenvalue weighted by atomic mass is 10.0. The van der Waals surface area contributed by atoms with Gasteiger partial charge in [0.15, 0.2) is 0 Å². The Morgan fingerprint density at radius 1 is 1.00 bits per heavy atom. The molecule has 4 rings (SSSR count). The summed E-state index contributed by atoms with van der Waals surface area (Å²) in [7, 11) is 0. The van der Waals surface area contributed by atoms with E-state index in [0.717, 1.165) is 32.1 Å². The van der Waals surface area contributed by atoms with Gasteiger partial charge in [-0.25, -0.2) is 0 Å². The molecule has 0 bridgehead atoms. The summed E-state index contributed by atoms with van der Waals surface area (Å²) in [6.07, 6.45) is 0. The molecule has 2 N–H and O–H groups in total. The average Bonchev–Trinajstić information content (AvgIpc) is 2.94. The molecule has 0 atom stereocenters. The van der Waals surface area contributed by atoms with Gasteiger partial charge in [0.25, 0.3) is 5.56 Å². The molecule has 0 fully saturated rings. The van der Waals surface area contributed by atoms with Crippen LogP contribution in [0.15, 0.2) is 58.7 Å². The third kappa shape index (κ3) is 1.84. The van der Waals surface area contributed by atoms with E-state index in [-0.39, 0.29) is 11.3 Å². The number of benzene rings is 2. The highest BCUT2D eigenvalue weighted by Gasteiger charge is 2.13. The molecule has 3 nitrogen and oxygen atoms in total. The van der Waals surface area contributed by atoms with Crippen LogP contribution < -0.4 is 5.56 Å². The number of hydrogen-bond donors (Lipinski definition) is 2. The molecule has 0 aliphatic carbocycles. The van der Waals surface area contributed by atoms with Gasteiger partial charge in [0.1, 0.15) is 10.4 Å². The Bertz CT molecular complexity index is 1010. The SMILES string of the molecule is O=c1[nH]c2ccccc2c2c(-c3ccc(O)cc3)csc12. The molecule has 0 spiro atoms. The van der Waals surface area contributed by atoms with Crippen molar-refractivity contribution in [1.29, 1.82) is 0 Å². The van der Waals surface area contributed by atoms with Crippen LogP contribution >= 0.6 is 11.3 Å². The fourth-order valence-corrected chi connectivity index (χ4v) is 3.62. The fourth-order valence-electron chi connectivity index (χ4n) is 2.64. The van der Waals surface area contributed by atoms with Gasteiger partial charge in [0.05, 0.1) is 0 Å². The molecule has 0 aliphatic heterocycles. The van der Waals surface area contributed by atoms with E-state index < -0.39 is 0 Å². The molecule has 0 aliphatic rings. The highest BCUT2D eigenvalue weighted by molar-refractivity contribution is 7.17. The van der Waals surface area contributed by atoms with Gasteiger partial charge in [-0.3, -0.25) is 4.79 Å². The Morgan fingerprint density at radius 3 is 2.57 bits per heavy atom. The van der Waals surface area contributed by atoms with Gasteiger partial charge in [-0.05, 0) is 23.8 Å². The Morgan fingerprint density at radius 2 is 1.76 bits per heavy atom. The number of pyridine rings is 1. The van der Waals surface area contributed by atoms with Crippen LogP contribution in [0.1, 0.15) is 0 Å². The summed E-state index contributed by atoms with van der Waals surface area (Å²) >= 11 is 1.45. The summed E-state index contributed by atoms with van der Waals surface area (Å²) in [6, 6.07) is 14.9. The van der Waals surface area contributed by atoms with Gasteiger partial charge in [-0.2, -0.15) is 0 Å². The topological polar surface area (TPSA) is 53.1 Å². The number of aromatic nitrogens is 1. The minimum Gasteiger partial charge on any atom is -0.508 e. The Balaban J connectivity index is 2.15. The monoisotopic (exact) mass is 293 g/mol. The van der Waals surface area contributed by atoms with Crippen molar-refractivity contribution in [3.05, 3.63) is 64.3 Å². The molecule has 2 aromatic carbocycles. The van der Waals surface area contributed by atoms with E-state index in [9.17, 15) is 9.90 Å². The van der Waals surface area contributed by atoms with E-state index >= 15 is 0 Å². The Hall–Kier alpha value is -2.59. The number of hydrogen-bond acceptors (Lipinski definition) is 3. The fraction of sp³-hybridized carbons (Fsp3) is 0. The summed E-state index contributed by atoms with van der Waals surface area (Å²) in [5.74, 6) is 0.237. The number of rotatable bonds is 1. The molecule has 2 aromatic heterocycles. The van der Waals surface area contributed by atoms with E-state index in [4.69, 9.17) is 0 Å². The maximum Gasteiger partial charge on any atom is 0.266 e. The van der Waals surface area contributed by atoms with Gasteiger partial charge in [-0.1, -0.05) is 30.3 Å². The molecule has 0 amide bonds. The maximum absolute atomic E-state index is 12.2. The zero-order valence-corrected chi connectivity index (χ0v) is 11.8. The van der Waals surface area contributed by atoms with Crippen molar-refractivity contribution in [2.45, 2.75) is 0 Å². The lowest BCUT2D eigenvalue weighted by molar-refractivity contribution is 0.475. The van der Waals surface area contributed by atoms with Crippen LogP contribution in [0.5, 0.6) is 5.75 Å². The summed E-state index contributed by atoms with van der Waals surface area (Å²) in [6.45, 7) is 0. The number of phenolic OH excluding ortho intramolecular Hbond substituents is 1. The normalized spacial score (nSPS) is 11.2. The van der Waals surface area contributed by atoms with Crippen LogP contribution in [0, 0.1) is 0 Å². The number of aromatic amines is 1. The van der Waals surface area contributed by atoms with E-state index in [1.165, 1.54) is 11.3 Å². The second-order valence-electron chi connectivity index (χ2n) is 4.90. The van der Waals surface area contributed by atoms with Crippen molar-refractivity contribution in [3.8, 4) is 16.9 Å². The van der Waals surface area contributed by atoms with E-state index in [1.807, 2.05) is 41.8 Å². The largest absolute Gasteiger partial charge is 0.508 e. The average molecular weight is 293 g/mol. The zero-order valence-electron chi connectivity index (χ0n) is 11.0. The number of fused-ring (bicyclic) bond motifs is 3. The molecule has 2 heterocycles. The van der Waals surface area contributed by atoms with Crippen LogP contribution in [-0.4, -0.2) is 10.1 Å². The molecule has 0 unspecified atom stereocenters. The smallest absolute Gasteiger partial charge is 0.266 e. The van der Waals surface area contributed by atoms with Gasteiger partial charge in [0, 0.05) is 27.2 Å². The standard InChI is InChI=1S/C17H11NO2S/c19-11-7-5-10(6-8-11)13-9-21-16-15(13)12-3-1-2-4-14(12)18-17(16)20/h1-9,19H,(H,18,20). The van der Waals surface area contributed by atoms with E-state index in [0.29, 0.717) is 0 Å². The number of para-hydroxylation sites is 1. The van der Waals surface area contributed by atoms with Crippen molar-refractivity contribution in [1.82, 2.24) is 4.98 Å². The highest BCUT2D eigenvalue weighted by atomic mass is 32.1. The minimum atomic E-state index is -0.0567. The molecule has 4 aromatic rings. The number of aromatic hydroxyl groups is 1. The minimum absolute atomic E-state index is 0.0567. The first kappa shape index (κ1) is 12.2.